The van der Waals surface area contributed by atoms with Crippen molar-refractivity contribution >= 4 is 9.84 Å². The molecular formula is C12H15F3O2S. The summed E-state index contributed by atoms with van der Waals surface area (Å²) in [5.41, 5.74) is 0.462. The second kappa shape index (κ2) is 5.73. The van der Waals surface area contributed by atoms with Crippen molar-refractivity contribution in [3.05, 3.63) is 29.8 Å². The number of aryl methyl sites for hydroxylation is 1. The lowest BCUT2D eigenvalue weighted by molar-refractivity contribution is -0.106. The lowest BCUT2D eigenvalue weighted by Gasteiger charge is -2.11. The normalized spacial score (nSPS) is 12.7. The van der Waals surface area contributed by atoms with Crippen LogP contribution < -0.4 is 0 Å². The Morgan fingerprint density at radius 2 is 1.78 bits per heavy atom. The monoisotopic (exact) mass is 280 g/mol. The lowest BCUT2D eigenvalue weighted by atomic mass is 10.1. The number of hydrogen-bond donors (Lipinski definition) is 0. The molecule has 102 valence electrons. The van der Waals surface area contributed by atoms with Crippen molar-refractivity contribution in [3.8, 4) is 0 Å². The molecule has 0 aliphatic carbocycles. The van der Waals surface area contributed by atoms with Crippen LogP contribution in [0.2, 0.25) is 0 Å². The highest BCUT2D eigenvalue weighted by Gasteiger charge is 2.36. The molecule has 1 aromatic rings. The fraction of sp³-hybridized carbons (Fsp3) is 0.500. The zero-order valence-electron chi connectivity index (χ0n) is 10.00. The Hall–Kier alpha value is -1.04. The maximum atomic E-state index is 12.2. The molecule has 0 radical (unpaired) electrons. The second-order valence-corrected chi connectivity index (χ2v) is 6.04. The van der Waals surface area contributed by atoms with Gasteiger partial charge in [-0.1, -0.05) is 31.5 Å². The van der Waals surface area contributed by atoms with Gasteiger partial charge in [0.15, 0.2) is 15.6 Å². The first-order chi connectivity index (χ1) is 8.26. The van der Waals surface area contributed by atoms with Crippen LogP contribution in [0.25, 0.3) is 0 Å². The summed E-state index contributed by atoms with van der Waals surface area (Å²) in [5.74, 6) is -1.80. The molecule has 1 rings (SSSR count). The summed E-state index contributed by atoms with van der Waals surface area (Å²) in [5, 5.41) is 0. The van der Waals surface area contributed by atoms with Crippen LogP contribution >= 0.6 is 0 Å². The molecule has 0 fully saturated rings. The van der Waals surface area contributed by atoms with E-state index in [9.17, 15) is 21.6 Å². The molecule has 1 aromatic carbocycles. The van der Waals surface area contributed by atoms with Gasteiger partial charge in [-0.15, -0.1) is 0 Å². The molecule has 18 heavy (non-hydrogen) atoms. The molecule has 2 nitrogen and oxygen atoms in total. The van der Waals surface area contributed by atoms with Crippen molar-refractivity contribution in [3.63, 3.8) is 0 Å². The number of sulfone groups is 1. The van der Waals surface area contributed by atoms with E-state index in [4.69, 9.17) is 0 Å². The third kappa shape index (κ3) is 4.33. The minimum Gasteiger partial charge on any atom is -0.223 e. The van der Waals surface area contributed by atoms with Gasteiger partial charge in [0.1, 0.15) is 0 Å². The summed E-state index contributed by atoms with van der Waals surface area (Å²) in [4.78, 5) is -0.198. The van der Waals surface area contributed by atoms with E-state index < -0.39 is 21.8 Å². The fourth-order valence-corrected chi connectivity index (χ4v) is 3.12. The molecule has 0 heterocycles. The lowest BCUT2D eigenvalue weighted by Crippen LogP contribution is -2.23. The molecule has 0 saturated heterocycles. The molecule has 0 aliphatic rings. The van der Waals surface area contributed by atoms with Crippen molar-refractivity contribution in [2.75, 3.05) is 5.75 Å². The molecule has 0 unspecified atom stereocenters. The Balaban J connectivity index is 3.08. The Kier molecular flexibility index (Phi) is 4.78. The molecule has 0 amide bonds. The highest BCUT2D eigenvalue weighted by atomic mass is 32.2. The number of rotatable bonds is 5. The van der Waals surface area contributed by atoms with Crippen LogP contribution in [0, 0.1) is 0 Å². The van der Waals surface area contributed by atoms with Gasteiger partial charge in [-0.3, -0.25) is 0 Å². The van der Waals surface area contributed by atoms with E-state index in [-0.39, 0.29) is 4.90 Å². The first-order valence-electron chi connectivity index (χ1n) is 5.63. The van der Waals surface area contributed by atoms with Crippen molar-refractivity contribution in [2.45, 2.75) is 37.3 Å². The molecule has 0 saturated carbocycles. The maximum absolute atomic E-state index is 12.2. The van der Waals surface area contributed by atoms with Gasteiger partial charge in [0.2, 0.25) is 0 Å². The predicted octanol–water partition coefficient (Wildman–Crippen LogP) is 3.37. The average molecular weight is 280 g/mol. The van der Waals surface area contributed by atoms with Gasteiger partial charge in [-0.05, 0) is 24.5 Å². The molecule has 0 spiro atoms. The highest BCUT2D eigenvalue weighted by Crippen LogP contribution is 2.25. The summed E-state index contributed by atoms with van der Waals surface area (Å²) in [6, 6.07) is 5.89. The molecule has 0 atom stereocenters. The van der Waals surface area contributed by atoms with E-state index in [1.165, 1.54) is 12.1 Å². The van der Waals surface area contributed by atoms with E-state index >= 15 is 0 Å². The Morgan fingerprint density at radius 3 is 2.33 bits per heavy atom. The summed E-state index contributed by atoms with van der Waals surface area (Å²) < 4.78 is 60.1. The third-order valence-corrected chi connectivity index (χ3v) is 4.24. The minimum atomic E-state index is -4.71. The van der Waals surface area contributed by atoms with Gasteiger partial charge in [0.25, 0.3) is 0 Å². The Labute approximate surface area is 105 Å². The molecule has 0 bridgehead atoms. The van der Waals surface area contributed by atoms with Crippen LogP contribution in [-0.4, -0.2) is 20.3 Å². The Morgan fingerprint density at radius 1 is 1.17 bits per heavy atom. The van der Waals surface area contributed by atoms with Crippen LogP contribution in [0.15, 0.2) is 29.2 Å². The third-order valence-electron chi connectivity index (χ3n) is 2.46. The first-order valence-corrected chi connectivity index (χ1v) is 7.29. The zero-order valence-corrected chi connectivity index (χ0v) is 10.8. The fourth-order valence-electron chi connectivity index (χ4n) is 1.67. The van der Waals surface area contributed by atoms with E-state index in [0.29, 0.717) is 12.0 Å². The molecule has 6 heteroatoms. The molecular weight excluding hydrogens is 265 g/mol. The van der Waals surface area contributed by atoms with Crippen LogP contribution in [0.1, 0.15) is 25.3 Å². The van der Waals surface area contributed by atoms with Gasteiger partial charge in [0.05, 0.1) is 4.90 Å². The average Bonchev–Trinajstić information content (AvgIpc) is 2.23. The number of halogens is 3. The number of hydrogen-bond acceptors (Lipinski definition) is 2. The van der Waals surface area contributed by atoms with E-state index in [1.54, 1.807) is 12.1 Å². The van der Waals surface area contributed by atoms with Gasteiger partial charge in [0, 0.05) is 0 Å². The quantitative estimate of drug-likeness (QED) is 0.828. The van der Waals surface area contributed by atoms with Crippen molar-refractivity contribution in [2.24, 2.45) is 0 Å². The number of alkyl halides is 3. The van der Waals surface area contributed by atoms with Crippen LogP contribution in [0.5, 0.6) is 0 Å². The second-order valence-electron chi connectivity index (χ2n) is 4.09. The smallest absolute Gasteiger partial charge is 0.223 e. The largest absolute Gasteiger partial charge is 0.403 e. The van der Waals surface area contributed by atoms with Gasteiger partial charge < -0.3 is 0 Å². The Bertz CT molecular complexity index is 492. The highest BCUT2D eigenvalue weighted by molar-refractivity contribution is 7.91. The van der Waals surface area contributed by atoms with Crippen LogP contribution in [0.4, 0.5) is 13.2 Å². The van der Waals surface area contributed by atoms with E-state index in [0.717, 1.165) is 12.8 Å². The van der Waals surface area contributed by atoms with Crippen molar-refractivity contribution < 1.29 is 21.6 Å². The van der Waals surface area contributed by atoms with Crippen LogP contribution in [0.3, 0.4) is 0 Å². The topological polar surface area (TPSA) is 34.1 Å². The standard InChI is InChI=1S/C12H15F3O2S/c1-2-3-6-10-7-4-5-8-11(10)18(16,17)9-12(13,14)15/h4-5,7-8H,2-3,6,9H2,1H3. The molecule has 0 aliphatic heterocycles. The van der Waals surface area contributed by atoms with Gasteiger partial charge in [-0.25, -0.2) is 8.42 Å². The summed E-state index contributed by atoms with van der Waals surface area (Å²) >= 11 is 0. The SMILES string of the molecule is CCCCc1ccccc1S(=O)(=O)CC(F)(F)F. The van der Waals surface area contributed by atoms with Crippen molar-refractivity contribution in [1.82, 2.24) is 0 Å². The molecule has 0 N–H and O–H groups in total. The number of unbranched alkanes of at least 4 members (excludes halogenated alkanes) is 1. The molecule has 0 aromatic heterocycles. The summed E-state index contributed by atoms with van der Waals surface area (Å²) in [6.07, 6.45) is -2.63. The van der Waals surface area contributed by atoms with Gasteiger partial charge >= 0.3 is 6.18 Å². The van der Waals surface area contributed by atoms with E-state index in [2.05, 4.69) is 0 Å². The minimum absolute atomic E-state index is 0.198. The van der Waals surface area contributed by atoms with E-state index in [1.807, 2.05) is 6.92 Å². The van der Waals surface area contributed by atoms with Crippen molar-refractivity contribution in [1.29, 1.82) is 0 Å². The first kappa shape index (κ1) is 15.0. The van der Waals surface area contributed by atoms with Crippen LogP contribution in [-0.2, 0) is 16.3 Å². The zero-order chi connectivity index (χ0) is 13.8. The van der Waals surface area contributed by atoms with Gasteiger partial charge in [-0.2, -0.15) is 13.2 Å². The maximum Gasteiger partial charge on any atom is 0.403 e. The predicted molar refractivity (Wildman–Crippen MR) is 63.2 cm³/mol. The number of benzene rings is 1. The summed E-state index contributed by atoms with van der Waals surface area (Å²) in [6.45, 7) is 1.94. The summed E-state index contributed by atoms with van der Waals surface area (Å²) in [7, 11) is -4.30.